The molecular formula is C12H14N4. The van der Waals surface area contributed by atoms with Crippen LogP contribution in [0.3, 0.4) is 0 Å². The number of anilines is 2. The smallest absolute Gasteiger partial charge is 0.0723 e. The Morgan fingerprint density at radius 1 is 0.812 bits per heavy atom. The number of H-pyrrole nitrogens is 2. The first-order valence-corrected chi connectivity index (χ1v) is 5.23. The standard InChI is InChI=1S/C12H14N4/c1-5-3-7-9(13)10(14)8-4-6(2)16-12(8)11(7)15-5/h3-4,15-16H,13-14H2,1-2H3. The Morgan fingerprint density at radius 2 is 1.19 bits per heavy atom. The molecule has 0 aliphatic heterocycles. The van der Waals surface area contributed by atoms with Crippen molar-refractivity contribution in [1.82, 2.24) is 9.97 Å². The number of aromatic amines is 2. The van der Waals surface area contributed by atoms with Crippen molar-refractivity contribution in [2.75, 3.05) is 11.5 Å². The Labute approximate surface area is 92.6 Å². The minimum Gasteiger partial charge on any atom is -0.396 e. The highest BCUT2D eigenvalue weighted by Gasteiger charge is 2.13. The Kier molecular flexibility index (Phi) is 1.56. The maximum absolute atomic E-state index is 6.05. The van der Waals surface area contributed by atoms with Crippen LogP contribution in [-0.2, 0) is 0 Å². The van der Waals surface area contributed by atoms with E-state index in [1.54, 1.807) is 0 Å². The molecule has 0 aliphatic carbocycles. The van der Waals surface area contributed by atoms with E-state index in [-0.39, 0.29) is 0 Å². The molecule has 0 unspecified atom stereocenters. The highest BCUT2D eigenvalue weighted by atomic mass is 14.8. The van der Waals surface area contributed by atoms with Gasteiger partial charge in [0.05, 0.1) is 22.4 Å². The summed E-state index contributed by atoms with van der Waals surface area (Å²) in [5, 5.41) is 1.98. The van der Waals surface area contributed by atoms with Crippen molar-refractivity contribution in [2.45, 2.75) is 13.8 Å². The topological polar surface area (TPSA) is 83.6 Å². The van der Waals surface area contributed by atoms with E-state index >= 15 is 0 Å². The van der Waals surface area contributed by atoms with E-state index in [1.807, 2.05) is 26.0 Å². The summed E-state index contributed by atoms with van der Waals surface area (Å²) in [4.78, 5) is 6.63. The molecule has 82 valence electrons. The minimum atomic E-state index is 0.658. The van der Waals surface area contributed by atoms with Crippen molar-refractivity contribution in [2.24, 2.45) is 0 Å². The van der Waals surface area contributed by atoms with Gasteiger partial charge in [-0.25, -0.2) is 0 Å². The first-order valence-electron chi connectivity index (χ1n) is 5.23. The molecule has 0 aliphatic rings. The van der Waals surface area contributed by atoms with Crippen molar-refractivity contribution in [3.63, 3.8) is 0 Å². The molecule has 0 bridgehead atoms. The van der Waals surface area contributed by atoms with Crippen LogP contribution in [0, 0.1) is 13.8 Å². The van der Waals surface area contributed by atoms with Gasteiger partial charge in [0.15, 0.2) is 0 Å². The van der Waals surface area contributed by atoms with E-state index < -0.39 is 0 Å². The molecule has 0 spiro atoms. The summed E-state index contributed by atoms with van der Waals surface area (Å²) in [7, 11) is 0. The summed E-state index contributed by atoms with van der Waals surface area (Å²) in [5.41, 5.74) is 17.6. The van der Waals surface area contributed by atoms with E-state index in [0.29, 0.717) is 11.4 Å². The van der Waals surface area contributed by atoms with Crippen LogP contribution in [-0.4, -0.2) is 9.97 Å². The van der Waals surface area contributed by atoms with Crippen LogP contribution in [0.5, 0.6) is 0 Å². The fourth-order valence-corrected chi connectivity index (χ4v) is 2.29. The fraction of sp³-hybridized carbons (Fsp3) is 0.167. The molecule has 2 aromatic heterocycles. The van der Waals surface area contributed by atoms with E-state index in [4.69, 9.17) is 11.5 Å². The molecule has 3 aromatic rings. The van der Waals surface area contributed by atoms with Crippen LogP contribution in [0.1, 0.15) is 11.4 Å². The summed E-state index contributed by atoms with van der Waals surface area (Å²) in [5.74, 6) is 0. The Bertz CT molecular complexity index is 641. The number of benzene rings is 1. The number of fused-ring (bicyclic) bond motifs is 3. The number of hydrogen-bond acceptors (Lipinski definition) is 2. The molecule has 3 rings (SSSR count). The van der Waals surface area contributed by atoms with Crippen molar-refractivity contribution in [1.29, 1.82) is 0 Å². The second kappa shape index (κ2) is 2.72. The predicted octanol–water partition coefficient (Wildman–Crippen LogP) is 2.43. The zero-order valence-electron chi connectivity index (χ0n) is 9.31. The van der Waals surface area contributed by atoms with Gasteiger partial charge >= 0.3 is 0 Å². The van der Waals surface area contributed by atoms with Crippen LogP contribution in [0.2, 0.25) is 0 Å². The normalized spacial score (nSPS) is 11.6. The molecule has 1 aromatic carbocycles. The zero-order chi connectivity index (χ0) is 11.4. The van der Waals surface area contributed by atoms with Crippen LogP contribution in [0.15, 0.2) is 12.1 Å². The lowest BCUT2D eigenvalue weighted by Gasteiger charge is -2.04. The molecule has 4 nitrogen and oxygen atoms in total. The van der Waals surface area contributed by atoms with E-state index in [0.717, 1.165) is 33.2 Å². The van der Waals surface area contributed by atoms with Gasteiger partial charge in [-0.1, -0.05) is 0 Å². The molecule has 0 radical (unpaired) electrons. The summed E-state index contributed by atoms with van der Waals surface area (Å²) in [6.45, 7) is 4.02. The third kappa shape index (κ3) is 0.984. The van der Waals surface area contributed by atoms with Gasteiger partial charge in [0.2, 0.25) is 0 Å². The van der Waals surface area contributed by atoms with Gasteiger partial charge in [-0.3, -0.25) is 0 Å². The predicted molar refractivity (Wildman–Crippen MR) is 68.5 cm³/mol. The molecule has 6 N–H and O–H groups in total. The van der Waals surface area contributed by atoms with Crippen molar-refractivity contribution in [3.8, 4) is 0 Å². The van der Waals surface area contributed by atoms with Crippen LogP contribution in [0.4, 0.5) is 11.4 Å². The summed E-state index contributed by atoms with van der Waals surface area (Å²) in [6.07, 6.45) is 0. The molecular weight excluding hydrogens is 200 g/mol. The van der Waals surface area contributed by atoms with Gasteiger partial charge in [-0.2, -0.15) is 0 Å². The molecule has 4 heteroatoms. The molecule has 0 amide bonds. The third-order valence-corrected chi connectivity index (χ3v) is 3.03. The summed E-state index contributed by atoms with van der Waals surface area (Å²) >= 11 is 0. The average molecular weight is 214 g/mol. The van der Waals surface area contributed by atoms with Crippen LogP contribution < -0.4 is 11.5 Å². The molecule has 16 heavy (non-hydrogen) atoms. The van der Waals surface area contributed by atoms with Gasteiger partial charge in [0.1, 0.15) is 0 Å². The highest BCUT2D eigenvalue weighted by molar-refractivity contribution is 6.16. The number of nitrogens with one attached hydrogen (secondary N) is 2. The fourth-order valence-electron chi connectivity index (χ4n) is 2.29. The number of nitrogens with two attached hydrogens (primary N) is 2. The maximum atomic E-state index is 6.05. The minimum absolute atomic E-state index is 0.658. The van der Waals surface area contributed by atoms with Crippen LogP contribution >= 0.6 is 0 Å². The maximum Gasteiger partial charge on any atom is 0.0723 e. The van der Waals surface area contributed by atoms with Gasteiger partial charge in [-0.15, -0.1) is 0 Å². The quantitative estimate of drug-likeness (QED) is 0.342. The zero-order valence-corrected chi connectivity index (χ0v) is 9.31. The second-order valence-electron chi connectivity index (χ2n) is 4.31. The monoisotopic (exact) mass is 214 g/mol. The molecule has 0 fully saturated rings. The summed E-state index contributed by atoms with van der Waals surface area (Å²) < 4.78 is 0. The number of hydrogen-bond donors (Lipinski definition) is 4. The first kappa shape index (κ1) is 9.15. The lowest BCUT2D eigenvalue weighted by molar-refractivity contribution is 1.28. The first-order chi connectivity index (χ1) is 7.58. The Hall–Kier alpha value is -2.10. The SMILES string of the molecule is Cc1cc2c(N)c(N)c3cc(C)[nH]c3c2[nH]1. The Balaban J connectivity index is 2.66. The summed E-state index contributed by atoms with van der Waals surface area (Å²) in [6, 6.07) is 4.05. The lowest BCUT2D eigenvalue weighted by Crippen LogP contribution is -1.95. The van der Waals surface area contributed by atoms with Crippen molar-refractivity contribution in [3.05, 3.63) is 23.5 Å². The van der Waals surface area contributed by atoms with Crippen LogP contribution in [0.25, 0.3) is 21.8 Å². The van der Waals surface area contributed by atoms with E-state index in [9.17, 15) is 0 Å². The van der Waals surface area contributed by atoms with Crippen molar-refractivity contribution < 1.29 is 0 Å². The average Bonchev–Trinajstić information content (AvgIpc) is 2.78. The number of aryl methyl sites for hydroxylation is 2. The number of aromatic nitrogens is 2. The largest absolute Gasteiger partial charge is 0.396 e. The van der Waals surface area contributed by atoms with Gasteiger partial charge in [-0.05, 0) is 26.0 Å². The van der Waals surface area contributed by atoms with Crippen molar-refractivity contribution >= 4 is 33.2 Å². The van der Waals surface area contributed by atoms with E-state index in [2.05, 4.69) is 9.97 Å². The number of rotatable bonds is 0. The van der Waals surface area contributed by atoms with E-state index in [1.165, 1.54) is 0 Å². The lowest BCUT2D eigenvalue weighted by atomic mass is 10.1. The molecule has 2 heterocycles. The Morgan fingerprint density at radius 3 is 1.56 bits per heavy atom. The van der Waals surface area contributed by atoms with Gasteiger partial charge < -0.3 is 21.4 Å². The molecule has 0 atom stereocenters. The molecule has 0 saturated heterocycles. The third-order valence-electron chi connectivity index (χ3n) is 3.03. The molecule has 0 saturated carbocycles. The van der Waals surface area contributed by atoms with Gasteiger partial charge in [0.25, 0.3) is 0 Å². The van der Waals surface area contributed by atoms with Gasteiger partial charge in [0, 0.05) is 22.2 Å². The second-order valence-corrected chi connectivity index (χ2v) is 4.31. The number of nitrogen functional groups attached to an aromatic ring is 2. The highest BCUT2D eigenvalue weighted by Crippen LogP contribution is 2.36.